The number of halogens is 1. The van der Waals surface area contributed by atoms with Crippen LogP contribution in [0, 0.1) is 0 Å². The minimum Gasteiger partial charge on any atom is -0.486 e. The summed E-state index contributed by atoms with van der Waals surface area (Å²) in [5.74, 6) is 0.859. The molecule has 0 saturated carbocycles. The van der Waals surface area contributed by atoms with E-state index in [4.69, 9.17) is 4.74 Å². The van der Waals surface area contributed by atoms with Crippen LogP contribution in [0.1, 0.15) is 19.0 Å². The van der Waals surface area contributed by atoms with Crippen molar-refractivity contribution in [1.82, 2.24) is 9.55 Å². The quantitative estimate of drug-likeness (QED) is 0.665. The average Bonchev–Trinajstić information content (AvgIpc) is 2.95. The van der Waals surface area contributed by atoms with Gasteiger partial charge in [-0.2, -0.15) is 0 Å². The molecule has 2 aromatic carbocycles. The second kappa shape index (κ2) is 6.31. The van der Waals surface area contributed by atoms with Crippen LogP contribution in [0.15, 0.2) is 53.4 Å². The van der Waals surface area contributed by atoms with Gasteiger partial charge in [-0.15, -0.1) is 0 Å². The zero-order valence-corrected chi connectivity index (χ0v) is 13.5. The van der Waals surface area contributed by atoms with E-state index in [9.17, 15) is 0 Å². The number of nitrogens with zero attached hydrogens (tertiary/aromatic N) is 2. The highest BCUT2D eigenvalue weighted by atomic mass is 79.9. The number of fused-ring (bicyclic) bond motifs is 1. The van der Waals surface area contributed by atoms with E-state index in [-0.39, 0.29) is 0 Å². The largest absolute Gasteiger partial charge is 0.486 e. The summed E-state index contributed by atoms with van der Waals surface area (Å²) < 4.78 is 9.10. The lowest BCUT2D eigenvalue weighted by Gasteiger charge is -2.11. The zero-order valence-electron chi connectivity index (χ0n) is 11.9. The molecule has 0 aliphatic heterocycles. The van der Waals surface area contributed by atoms with Crippen molar-refractivity contribution in [1.29, 1.82) is 0 Å². The average molecular weight is 345 g/mol. The van der Waals surface area contributed by atoms with Crippen LogP contribution in [0.3, 0.4) is 0 Å². The molecule has 0 aliphatic rings. The van der Waals surface area contributed by atoms with E-state index in [2.05, 4.69) is 50.6 Å². The molecule has 4 heteroatoms. The number of hydrogen-bond acceptors (Lipinski definition) is 2. The number of aryl methyl sites for hydroxylation is 1. The second-order valence-electron chi connectivity index (χ2n) is 4.97. The first-order valence-corrected chi connectivity index (χ1v) is 7.88. The molecular weight excluding hydrogens is 328 g/mol. The number of rotatable bonds is 5. The van der Waals surface area contributed by atoms with Crippen LogP contribution in [0.5, 0.6) is 5.75 Å². The maximum atomic E-state index is 5.97. The minimum absolute atomic E-state index is 0.525. The molecule has 3 aromatic rings. The molecule has 0 spiro atoms. The van der Waals surface area contributed by atoms with Gasteiger partial charge in [0.15, 0.2) is 0 Å². The van der Waals surface area contributed by atoms with Crippen LogP contribution in [0.2, 0.25) is 0 Å². The van der Waals surface area contributed by atoms with Crippen molar-refractivity contribution in [3.05, 3.63) is 59.1 Å². The molecule has 0 amide bonds. The van der Waals surface area contributed by atoms with Crippen LogP contribution in [-0.2, 0) is 13.2 Å². The molecule has 3 rings (SSSR count). The normalized spacial score (nSPS) is 11.0. The van der Waals surface area contributed by atoms with E-state index in [1.165, 1.54) is 5.39 Å². The number of imidazole rings is 1. The van der Waals surface area contributed by atoms with E-state index < -0.39 is 0 Å². The first-order chi connectivity index (χ1) is 10.3. The van der Waals surface area contributed by atoms with Gasteiger partial charge in [0.25, 0.3) is 0 Å². The Kier molecular flexibility index (Phi) is 4.25. The maximum absolute atomic E-state index is 5.97. The summed E-state index contributed by atoms with van der Waals surface area (Å²) in [6.07, 6.45) is 4.81. The Balaban J connectivity index is 1.82. The van der Waals surface area contributed by atoms with Gasteiger partial charge in [-0.3, -0.25) is 0 Å². The molecule has 0 N–H and O–H groups in total. The SMILES string of the molecule is CCCn1cncc1COc1ccc2ccccc2c1Br. The van der Waals surface area contributed by atoms with E-state index in [1.54, 1.807) is 0 Å². The molecule has 0 aliphatic carbocycles. The molecular formula is C17H17BrN2O. The van der Waals surface area contributed by atoms with Gasteiger partial charge >= 0.3 is 0 Å². The molecule has 0 radical (unpaired) electrons. The Morgan fingerprint density at radius 2 is 2.05 bits per heavy atom. The summed E-state index contributed by atoms with van der Waals surface area (Å²) in [6, 6.07) is 12.4. The summed E-state index contributed by atoms with van der Waals surface area (Å²) in [7, 11) is 0. The van der Waals surface area contributed by atoms with Crippen molar-refractivity contribution in [3.63, 3.8) is 0 Å². The predicted molar refractivity (Wildman–Crippen MR) is 88.5 cm³/mol. The van der Waals surface area contributed by atoms with Crippen LogP contribution >= 0.6 is 15.9 Å². The number of hydrogen-bond donors (Lipinski definition) is 0. The maximum Gasteiger partial charge on any atom is 0.134 e. The summed E-state index contributed by atoms with van der Waals surface area (Å²) in [6.45, 7) is 3.65. The highest BCUT2D eigenvalue weighted by Gasteiger charge is 2.08. The summed E-state index contributed by atoms with van der Waals surface area (Å²) in [5, 5.41) is 2.37. The van der Waals surface area contributed by atoms with Crippen molar-refractivity contribution in [3.8, 4) is 5.75 Å². The summed E-state index contributed by atoms with van der Waals surface area (Å²) in [4.78, 5) is 4.20. The van der Waals surface area contributed by atoms with E-state index in [1.807, 2.05) is 30.7 Å². The molecule has 21 heavy (non-hydrogen) atoms. The molecule has 0 saturated heterocycles. The van der Waals surface area contributed by atoms with Crippen LogP contribution < -0.4 is 4.74 Å². The summed E-state index contributed by atoms with van der Waals surface area (Å²) in [5.41, 5.74) is 1.09. The molecule has 1 aromatic heterocycles. The monoisotopic (exact) mass is 344 g/mol. The molecule has 0 bridgehead atoms. The van der Waals surface area contributed by atoms with Crippen LogP contribution in [-0.4, -0.2) is 9.55 Å². The molecule has 108 valence electrons. The first kappa shape index (κ1) is 14.1. The molecule has 1 heterocycles. The van der Waals surface area contributed by atoms with Crippen molar-refractivity contribution in [2.24, 2.45) is 0 Å². The smallest absolute Gasteiger partial charge is 0.134 e. The van der Waals surface area contributed by atoms with Gasteiger partial charge < -0.3 is 9.30 Å². The Labute approximate surface area is 132 Å². The van der Waals surface area contributed by atoms with E-state index in [0.717, 1.165) is 34.3 Å². The fourth-order valence-electron chi connectivity index (χ4n) is 2.39. The highest BCUT2D eigenvalue weighted by Crippen LogP contribution is 2.33. The molecule has 3 nitrogen and oxygen atoms in total. The van der Waals surface area contributed by atoms with Gasteiger partial charge in [0, 0.05) is 6.54 Å². The van der Waals surface area contributed by atoms with E-state index >= 15 is 0 Å². The lowest BCUT2D eigenvalue weighted by molar-refractivity contribution is 0.293. The molecule has 0 unspecified atom stereocenters. The first-order valence-electron chi connectivity index (χ1n) is 7.08. The standard InChI is InChI=1S/C17H17BrN2O/c1-2-9-20-12-19-10-14(20)11-21-16-8-7-13-5-3-4-6-15(13)17(16)18/h3-8,10,12H,2,9,11H2,1H3. The highest BCUT2D eigenvalue weighted by molar-refractivity contribution is 9.10. The minimum atomic E-state index is 0.525. The van der Waals surface area contributed by atoms with Crippen molar-refractivity contribution in [2.75, 3.05) is 0 Å². The van der Waals surface area contributed by atoms with Gasteiger partial charge in [0.2, 0.25) is 0 Å². The van der Waals surface area contributed by atoms with Crippen molar-refractivity contribution < 1.29 is 4.74 Å². The Hall–Kier alpha value is -1.81. The fraction of sp³-hybridized carbons (Fsp3) is 0.235. The third-order valence-corrected chi connectivity index (χ3v) is 4.28. The zero-order chi connectivity index (χ0) is 14.7. The predicted octanol–water partition coefficient (Wildman–Crippen LogP) is 4.79. The second-order valence-corrected chi connectivity index (χ2v) is 5.76. The Morgan fingerprint density at radius 3 is 2.90 bits per heavy atom. The molecule has 0 fully saturated rings. The van der Waals surface area contributed by atoms with Gasteiger partial charge in [-0.1, -0.05) is 37.3 Å². The van der Waals surface area contributed by atoms with Crippen molar-refractivity contribution >= 4 is 26.7 Å². The van der Waals surface area contributed by atoms with Gasteiger partial charge in [0.05, 0.1) is 22.7 Å². The third kappa shape index (κ3) is 2.95. The number of aromatic nitrogens is 2. The lowest BCUT2D eigenvalue weighted by atomic mass is 10.1. The van der Waals surface area contributed by atoms with Crippen molar-refractivity contribution in [2.45, 2.75) is 26.5 Å². The number of benzene rings is 2. The summed E-state index contributed by atoms with van der Waals surface area (Å²) >= 11 is 3.65. The fourth-order valence-corrected chi connectivity index (χ4v) is 3.00. The lowest BCUT2D eigenvalue weighted by Crippen LogP contribution is -2.05. The van der Waals surface area contributed by atoms with Crippen LogP contribution in [0.4, 0.5) is 0 Å². The van der Waals surface area contributed by atoms with Gasteiger partial charge in [-0.25, -0.2) is 4.98 Å². The van der Waals surface area contributed by atoms with Crippen LogP contribution in [0.25, 0.3) is 10.8 Å². The molecule has 0 atom stereocenters. The topological polar surface area (TPSA) is 27.1 Å². The van der Waals surface area contributed by atoms with Gasteiger partial charge in [-0.05, 0) is 39.2 Å². The Bertz CT molecular complexity index is 751. The van der Waals surface area contributed by atoms with Gasteiger partial charge in [0.1, 0.15) is 12.4 Å². The number of ether oxygens (including phenoxy) is 1. The third-order valence-electron chi connectivity index (χ3n) is 3.47. The van der Waals surface area contributed by atoms with E-state index in [0.29, 0.717) is 6.61 Å². The Morgan fingerprint density at radius 1 is 1.19 bits per heavy atom.